The van der Waals surface area contributed by atoms with E-state index in [0.717, 1.165) is 12.5 Å². The van der Waals surface area contributed by atoms with Crippen LogP contribution in [0.3, 0.4) is 0 Å². The summed E-state index contributed by atoms with van der Waals surface area (Å²) in [5, 5.41) is 0. The van der Waals surface area contributed by atoms with Gasteiger partial charge in [0.2, 0.25) is 0 Å². The molecule has 1 heterocycles. The van der Waals surface area contributed by atoms with Gasteiger partial charge in [-0.05, 0) is 71.4 Å². The fourth-order valence-corrected chi connectivity index (χ4v) is 30.6. The lowest BCUT2D eigenvalue weighted by Crippen LogP contribution is -2.64. The molecule has 0 radical (unpaired) electrons. The number of hydrogen-bond acceptors (Lipinski definition) is 5. The molecule has 23 heavy (non-hydrogen) atoms. The van der Waals surface area contributed by atoms with Crippen molar-refractivity contribution >= 4 is 54.4 Å². The molecule has 5 nitrogen and oxygen atoms in total. The quantitative estimate of drug-likeness (QED) is 0.481. The van der Waals surface area contributed by atoms with Gasteiger partial charge < -0.3 is 20.6 Å². The highest BCUT2D eigenvalue weighted by atomic mass is 35.5. The largest absolute Gasteiger partial charge is 0.416 e. The van der Waals surface area contributed by atoms with Crippen molar-refractivity contribution in [3.05, 3.63) is 0 Å². The number of alkyl halides is 1. The van der Waals surface area contributed by atoms with E-state index in [4.69, 9.17) is 32.2 Å². The van der Waals surface area contributed by atoms with Crippen molar-refractivity contribution in [3.8, 4) is 0 Å². The molecule has 0 unspecified atom stereocenters. The second-order valence-electron chi connectivity index (χ2n) is 8.04. The molecule has 0 spiro atoms. The van der Waals surface area contributed by atoms with Crippen LogP contribution in [0.1, 0.15) is 6.42 Å². The normalized spacial score (nSPS) is 29.0. The molecule has 1 saturated heterocycles. The molecule has 0 bridgehead atoms. The summed E-state index contributed by atoms with van der Waals surface area (Å²) in [4.78, 5) is 0. The first-order valence-corrected chi connectivity index (χ1v) is 22.5. The fourth-order valence-electron chi connectivity index (χ4n) is 3.41. The Morgan fingerprint density at radius 3 is 1.17 bits per heavy atom. The molecular weight excluding hydrogens is 400 g/mol. The molecule has 1 rings (SSSR count). The summed E-state index contributed by atoms with van der Waals surface area (Å²) in [6.45, 7) is 18.8. The predicted octanol–water partition coefficient (Wildman–Crippen LogP) is 4.59. The summed E-state index contributed by atoms with van der Waals surface area (Å²) in [5.41, 5.74) is 0. The minimum absolute atomic E-state index is 0.616. The molecule has 0 aromatic carbocycles. The average Bonchev–Trinajstić information content (AvgIpc) is 2.16. The van der Waals surface area contributed by atoms with E-state index in [1.807, 2.05) is 0 Å². The molecule has 0 aromatic rings. The van der Waals surface area contributed by atoms with Crippen LogP contribution in [0.2, 0.25) is 65.0 Å². The van der Waals surface area contributed by atoms with Gasteiger partial charge in [0.05, 0.1) is 0 Å². The number of halogens is 1. The van der Waals surface area contributed by atoms with E-state index >= 15 is 0 Å². The molecule has 0 N–H and O–H groups in total. The first kappa shape index (κ1) is 22.2. The first-order valence-electron chi connectivity index (χ1n) is 8.16. The van der Waals surface area contributed by atoms with Crippen molar-refractivity contribution in [2.75, 3.05) is 5.88 Å². The van der Waals surface area contributed by atoms with Gasteiger partial charge in [0.15, 0.2) is 0 Å². The van der Waals surface area contributed by atoms with Gasteiger partial charge >= 0.3 is 42.8 Å². The molecule has 1 fully saturated rings. The highest BCUT2D eigenvalue weighted by Gasteiger charge is 2.52. The summed E-state index contributed by atoms with van der Waals surface area (Å²) in [6, 6.07) is 0.862. The smallest absolute Gasteiger partial charge is 0.317 e. The highest BCUT2D eigenvalue weighted by molar-refractivity contribution is 6.93. The minimum atomic E-state index is -2.41. The van der Waals surface area contributed by atoms with Gasteiger partial charge in [0, 0.05) is 5.88 Å². The predicted molar refractivity (Wildman–Crippen MR) is 107 cm³/mol. The zero-order chi connectivity index (χ0) is 18.2. The maximum absolute atomic E-state index is 6.54. The van der Waals surface area contributed by atoms with Crippen LogP contribution in [-0.2, 0) is 20.6 Å². The summed E-state index contributed by atoms with van der Waals surface area (Å²) >= 11 is 5.91. The van der Waals surface area contributed by atoms with E-state index in [1.54, 1.807) is 0 Å². The molecule has 1 aliphatic heterocycles. The van der Waals surface area contributed by atoms with Gasteiger partial charge in [-0.15, -0.1) is 11.6 Å². The van der Waals surface area contributed by atoms with E-state index in [2.05, 4.69) is 58.9 Å². The van der Waals surface area contributed by atoms with Gasteiger partial charge in [0.25, 0.3) is 0 Å². The van der Waals surface area contributed by atoms with E-state index in [0.29, 0.717) is 5.88 Å². The Labute approximate surface area is 152 Å². The van der Waals surface area contributed by atoms with Gasteiger partial charge in [0.1, 0.15) is 0 Å². The van der Waals surface area contributed by atoms with E-state index in [1.165, 1.54) is 0 Å². The third kappa shape index (κ3) is 7.94. The second kappa shape index (κ2) is 7.43. The summed E-state index contributed by atoms with van der Waals surface area (Å²) < 4.78 is 32.3. The third-order valence-electron chi connectivity index (χ3n) is 3.16. The van der Waals surface area contributed by atoms with Crippen LogP contribution in [0.15, 0.2) is 0 Å². The highest BCUT2D eigenvalue weighted by Crippen LogP contribution is 2.32. The first-order chi connectivity index (χ1) is 10.1. The third-order valence-corrected chi connectivity index (χ3v) is 23.9. The van der Waals surface area contributed by atoms with Crippen LogP contribution in [0, 0.1) is 0 Å². The topological polar surface area (TPSA) is 46.2 Å². The second-order valence-corrected chi connectivity index (χ2v) is 26.5. The number of hydrogen-bond donors (Lipinski definition) is 0. The van der Waals surface area contributed by atoms with Crippen molar-refractivity contribution in [1.82, 2.24) is 0 Å². The Hall–Kier alpha value is 1.17. The lowest BCUT2D eigenvalue weighted by atomic mass is 10.6. The van der Waals surface area contributed by atoms with Gasteiger partial charge in [-0.1, -0.05) is 0 Å². The molecule has 0 aliphatic carbocycles. The van der Waals surface area contributed by atoms with Crippen LogP contribution in [0.4, 0.5) is 0 Å². The van der Waals surface area contributed by atoms with Crippen LogP contribution in [0.25, 0.3) is 0 Å². The summed E-state index contributed by atoms with van der Waals surface area (Å²) in [5.74, 6) is 0.616. The van der Waals surface area contributed by atoms with Crippen LogP contribution < -0.4 is 0 Å². The zero-order valence-electron chi connectivity index (χ0n) is 16.0. The van der Waals surface area contributed by atoms with E-state index < -0.39 is 42.8 Å². The molecule has 0 atom stereocenters. The minimum Gasteiger partial charge on any atom is -0.416 e. The van der Waals surface area contributed by atoms with Crippen LogP contribution in [0.5, 0.6) is 0 Å². The van der Waals surface area contributed by atoms with E-state index in [-0.39, 0.29) is 0 Å². The van der Waals surface area contributed by atoms with Crippen LogP contribution >= 0.6 is 11.6 Å². The Bertz CT molecular complexity index is 389. The van der Waals surface area contributed by atoms with Gasteiger partial charge in [-0.2, -0.15) is 0 Å². The van der Waals surface area contributed by atoms with E-state index in [9.17, 15) is 0 Å². The van der Waals surface area contributed by atoms with Crippen molar-refractivity contribution in [2.24, 2.45) is 0 Å². The summed E-state index contributed by atoms with van der Waals surface area (Å²) in [7, 11) is -11.8. The van der Waals surface area contributed by atoms with Crippen molar-refractivity contribution in [1.29, 1.82) is 0 Å². The molecule has 0 saturated carbocycles. The number of rotatable bonds is 3. The fraction of sp³-hybridized carbons (Fsp3) is 1.00. The molecule has 11 heteroatoms. The molecule has 0 amide bonds. The Kier molecular flexibility index (Phi) is 7.17. The maximum Gasteiger partial charge on any atom is 0.317 e. The molecule has 1 aliphatic rings. The van der Waals surface area contributed by atoms with Crippen molar-refractivity contribution in [3.63, 3.8) is 0 Å². The summed E-state index contributed by atoms with van der Waals surface area (Å²) in [6.07, 6.45) is 0.886. The zero-order valence-corrected chi connectivity index (χ0v) is 21.8. The maximum atomic E-state index is 6.54. The lowest BCUT2D eigenvalue weighted by Gasteiger charge is -2.47. The molecule has 138 valence electrons. The van der Waals surface area contributed by atoms with Crippen LogP contribution in [-0.4, -0.2) is 48.7 Å². The Morgan fingerprint density at radius 2 is 0.870 bits per heavy atom. The Balaban J connectivity index is 3.19. The lowest BCUT2D eigenvalue weighted by molar-refractivity contribution is 0.235. The van der Waals surface area contributed by atoms with Crippen molar-refractivity contribution < 1.29 is 20.6 Å². The standard InChI is InChI=1S/C12H33ClO5Si5/c1-19(2)14-20(3,4)16-22(7,8)18-23(9,12-10-11-13)17-21(5,6)15-19/h10-12H2,1-9H3. The SMILES string of the molecule is C[Si]1(C)O[Si](C)(C)O[Si](C)(C)O[Si](C)(CCCCl)O[Si](C)(C)O1. The monoisotopic (exact) mass is 432 g/mol. The Morgan fingerprint density at radius 1 is 0.565 bits per heavy atom. The van der Waals surface area contributed by atoms with Gasteiger partial charge in [-0.25, -0.2) is 0 Å². The van der Waals surface area contributed by atoms with Gasteiger partial charge in [-0.3, -0.25) is 0 Å². The average molecular weight is 433 g/mol. The van der Waals surface area contributed by atoms with Crippen molar-refractivity contribution in [2.45, 2.75) is 71.4 Å². The molecular formula is C12H33ClO5Si5. The molecule has 0 aromatic heterocycles.